The molecule has 0 aliphatic rings. The Kier molecular flexibility index (Phi) is 5.42. The van der Waals surface area contributed by atoms with Crippen molar-refractivity contribution in [1.29, 1.82) is 5.26 Å². The molecule has 0 aliphatic heterocycles. The average Bonchev–Trinajstić information content (AvgIpc) is 2.40. The monoisotopic (exact) mass is 267 g/mol. The number of nitriles is 1. The van der Waals surface area contributed by atoms with Crippen LogP contribution in [-0.4, -0.2) is 28.9 Å². The maximum atomic E-state index is 13.3. The molecule has 0 aliphatic carbocycles. The number of rotatable bonds is 5. The quantitative estimate of drug-likeness (QED) is 0.772. The normalized spacial score (nSPS) is 13.4. The Morgan fingerprint density at radius 1 is 1.53 bits per heavy atom. The van der Waals surface area contributed by atoms with Gasteiger partial charge in [0, 0.05) is 5.56 Å². The summed E-state index contributed by atoms with van der Waals surface area (Å²) >= 11 is 0. The summed E-state index contributed by atoms with van der Waals surface area (Å²) in [5, 5.41) is 27.9. The third-order valence-electron chi connectivity index (χ3n) is 2.51. The first-order valence-corrected chi connectivity index (χ1v) is 5.69. The van der Waals surface area contributed by atoms with Crippen molar-refractivity contribution in [2.45, 2.75) is 25.6 Å². The van der Waals surface area contributed by atoms with Crippen LogP contribution in [0.15, 0.2) is 18.2 Å². The van der Waals surface area contributed by atoms with E-state index < -0.39 is 24.0 Å². The molecule has 19 heavy (non-hydrogen) atoms. The van der Waals surface area contributed by atoms with Gasteiger partial charge >= 0.3 is 5.97 Å². The number of nitrogens with zero attached hydrogens (tertiary/aromatic N) is 1. The fourth-order valence-electron chi connectivity index (χ4n) is 1.54. The molecule has 2 N–H and O–H groups in total. The zero-order valence-electron chi connectivity index (χ0n) is 10.3. The Morgan fingerprint density at radius 3 is 2.79 bits per heavy atom. The van der Waals surface area contributed by atoms with Crippen LogP contribution >= 0.6 is 0 Å². The molecule has 0 saturated heterocycles. The van der Waals surface area contributed by atoms with Gasteiger partial charge in [-0.3, -0.25) is 0 Å². The van der Waals surface area contributed by atoms with Crippen LogP contribution in [0.2, 0.25) is 0 Å². The number of hydrogen-bond donors (Lipinski definition) is 2. The van der Waals surface area contributed by atoms with Crippen LogP contribution in [0.4, 0.5) is 4.39 Å². The maximum absolute atomic E-state index is 13.3. The largest absolute Gasteiger partial charge is 0.464 e. The predicted molar refractivity (Wildman–Crippen MR) is 63.3 cm³/mol. The summed E-state index contributed by atoms with van der Waals surface area (Å²) in [6, 6.07) is 5.34. The van der Waals surface area contributed by atoms with Gasteiger partial charge in [-0.25, -0.2) is 9.18 Å². The van der Waals surface area contributed by atoms with Crippen LogP contribution in [0.25, 0.3) is 0 Å². The van der Waals surface area contributed by atoms with Crippen molar-refractivity contribution in [3.63, 3.8) is 0 Å². The Balaban J connectivity index is 2.93. The Morgan fingerprint density at radius 2 is 2.21 bits per heavy atom. The number of halogens is 1. The van der Waals surface area contributed by atoms with Crippen LogP contribution in [0.3, 0.4) is 0 Å². The van der Waals surface area contributed by atoms with Gasteiger partial charge < -0.3 is 14.9 Å². The third-order valence-corrected chi connectivity index (χ3v) is 2.51. The summed E-state index contributed by atoms with van der Waals surface area (Å²) in [5.74, 6) is -1.54. The van der Waals surface area contributed by atoms with E-state index in [4.69, 9.17) is 5.26 Å². The topological polar surface area (TPSA) is 90.6 Å². The number of aliphatic hydroxyl groups is 2. The molecular weight excluding hydrogens is 253 g/mol. The van der Waals surface area contributed by atoms with Crippen molar-refractivity contribution in [1.82, 2.24) is 0 Å². The first kappa shape index (κ1) is 15.1. The number of aliphatic hydroxyl groups excluding tert-OH is 2. The van der Waals surface area contributed by atoms with Crippen molar-refractivity contribution in [3.8, 4) is 6.07 Å². The van der Waals surface area contributed by atoms with Gasteiger partial charge in [-0.15, -0.1) is 0 Å². The van der Waals surface area contributed by atoms with Crippen LogP contribution in [0.5, 0.6) is 0 Å². The van der Waals surface area contributed by atoms with Crippen LogP contribution in [0.1, 0.15) is 24.2 Å². The fourth-order valence-corrected chi connectivity index (χ4v) is 1.54. The van der Waals surface area contributed by atoms with Gasteiger partial charge in [-0.1, -0.05) is 6.07 Å². The summed E-state index contributed by atoms with van der Waals surface area (Å²) in [6.45, 7) is 1.64. The Bertz CT molecular complexity index is 498. The molecule has 1 aromatic rings. The van der Waals surface area contributed by atoms with E-state index in [9.17, 15) is 19.4 Å². The lowest BCUT2D eigenvalue weighted by Crippen LogP contribution is -2.30. The number of carbonyl (C=O) groups is 1. The Hall–Kier alpha value is -1.97. The molecule has 0 aromatic heterocycles. The van der Waals surface area contributed by atoms with E-state index in [2.05, 4.69) is 4.74 Å². The van der Waals surface area contributed by atoms with Crippen molar-refractivity contribution in [2.75, 3.05) is 6.61 Å². The molecule has 1 rings (SSSR count). The maximum Gasteiger partial charge on any atom is 0.338 e. The molecule has 0 spiro atoms. The summed E-state index contributed by atoms with van der Waals surface area (Å²) in [5.41, 5.74) is 0.238. The van der Waals surface area contributed by atoms with Gasteiger partial charge in [0.15, 0.2) is 6.10 Å². The van der Waals surface area contributed by atoms with E-state index in [1.165, 1.54) is 12.1 Å². The number of ether oxygens (including phenoxy) is 1. The molecule has 2 unspecified atom stereocenters. The van der Waals surface area contributed by atoms with E-state index in [0.717, 1.165) is 6.07 Å². The van der Waals surface area contributed by atoms with E-state index >= 15 is 0 Å². The van der Waals surface area contributed by atoms with Crippen molar-refractivity contribution in [3.05, 3.63) is 35.1 Å². The molecule has 0 saturated carbocycles. The highest BCUT2D eigenvalue weighted by Gasteiger charge is 2.27. The fraction of sp³-hybridized carbons (Fsp3) is 0.385. The zero-order chi connectivity index (χ0) is 14.4. The molecule has 0 amide bonds. The highest BCUT2D eigenvalue weighted by molar-refractivity contribution is 5.75. The first-order valence-electron chi connectivity index (χ1n) is 5.69. The lowest BCUT2D eigenvalue weighted by atomic mass is 10.0. The van der Waals surface area contributed by atoms with Crippen LogP contribution < -0.4 is 0 Å². The average molecular weight is 267 g/mol. The highest BCUT2D eigenvalue weighted by Crippen LogP contribution is 2.21. The molecule has 5 nitrogen and oxygen atoms in total. The molecule has 0 fully saturated rings. The van der Waals surface area contributed by atoms with Crippen molar-refractivity contribution >= 4 is 5.97 Å². The van der Waals surface area contributed by atoms with Crippen LogP contribution in [0, 0.1) is 17.1 Å². The van der Waals surface area contributed by atoms with E-state index in [0.29, 0.717) is 0 Å². The number of hydrogen-bond acceptors (Lipinski definition) is 5. The minimum Gasteiger partial charge on any atom is -0.464 e. The lowest BCUT2D eigenvalue weighted by molar-refractivity contribution is -0.159. The standard InChI is InChI=1S/C13H14FNO4/c1-2-19-13(18)12(17)11(16)9-3-4-10(14)8(7-9)5-6-15/h3-4,7,11-12,16-17H,2,5H2,1H3. The van der Waals surface area contributed by atoms with E-state index in [1.54, 1.807) is 13.0 Å². The molecule has 1 aromatic carbocycles. The van der Waals surface area contributed by atoms with Gasteiger partial charge in [0.2, 0.25) is 0 Å². The highest BCUT2D eigenvalue weighted by atomic mass is 19.1. The molecule has 0 heterocycles. The first-order chi connectivity index (χ1) is 9.01. The summed E-state index contributed by atoms with van der Waals surface area (Å²) in [7, 11) is 0. The second-order valence-corrected chi connectivity index (χ2v) is 3.83. The third kappa shape index (κ3) is 3.74. The van der Waals surface area contributed by atoms with Gasteiger partial charge in [0.25, 0.3) is 0 Å². The number of benzene rings is 1. The predicted octanol–water partition coefficient (Wildman–Crippen LogP) is 0.849. The minimum atomic E-state index is -1.75. The van der Waals surface area contributed by atoms with Crippen molar-refractivity contribution < 1.29 is 24.1 Å². The lowest BCUT2D eigenvalue weighted by Gasteiger charge is -2.17. The SMILES string of the molecule is CCOC(=O)C(O)C(O)c1ccc(F)c(CC#N)c1. The molecule has 6 heteroatoms. The Labute approximate surface area is 109 Å². The van der Waals surface area contributed by atoms with Gasteiger partial charge in [0.05, 0.1) is 19.1 Å². The molecule has 0 radical (unpaired) electrons. The van der Waals surface area contributed by atoms with E-state index in [-0.39, 0.29) is 24.2 Å². The minimum absolute atomic E-state index is 0.0751. The second-order valence-electron chi connectivity index (χ2n) is 3.83. The summed E-state index contributed by atoms with van der Waals surface area (Å²) in [4.78, 5) is 11.3. The number of carbonyl (C=O) groups excluding carboxylic acids is 1. The summed E-state index contributed by atoms with van der Waals surface area (Å²) in [6.07, 6.45) is -3.44. The summed E-state index contributed by atoms with van der Waals surface area (Å²) < 4.78 is 17.9. The van der Waals surface area contributed by atoms with Crippen LogP contribution in [-0.2, 0) is 16.0 Å². The van der Waals surface area contributed by atoms with Gasteiger partial charge in [-0.05, 0) is 24.6 Å². The van der Waals surface area contributed by atoms with E-state index in [1.807, 2.05) is 0 Å². The van der Waals surface area contributed by atoms with Gasteiger partial charge in [0.1, 0.15) is 11.9 Å². The molecular formula is C13H14FNO4. The molecule has 0 bridgehead atoms. The smallest absolute Gasteiger partial charge is 0.338 e. The van der Waals surface area contributed by atoms with Gasteiger partial charge in [-0.2, -0.15) is 5.26 Å². The molecule has 102 valence electrons. The van der Waals surface area contributed by atoms with Crippen molar-refractivity contribution in [2.24, 2.45) is 0 Å². The zero-order valence-corrected chi connectivity index (χ0v) is 10.3. The number of esters is 1. The second kappa shape index (κ2) is 6.83. The molecule has 2 atom stereocenters.